The van der Waals surface area contributed by atoms with Gasteiger partial charge in [-0.2, -0.15) is 0 Å². The van der Waals surface area contributed by atoms with Gasteiger partial charge in [0, 0.05) is 45.2 Å². The van der Waals surface area contributed by atoms with Gasteiger partial charge in [0.2, 0.25) is 0 Å². The maximum absolute atomic E-state index is 12.5. The summed E-state index contributed by atoms with van der Waals surface area (Å²) >= 11 is 18.4. The van der Waals surface area contributed by atoms with Crippen LogP contribution in [-0.2, 0) is 16.6 Å². The van der Waals surface area contributed by atoms with Crippen molar-refractivity contribution in [3.63, 3.8) is 0 Å². The Morgan fingerprint density at radius 2 is 1.60 bits per heavy atom. The minimum atomic E-state index is -0.175. The zero-order valence-electron chi connectivity index (χ0n) is 14.6. The van der Waals surface area contributed by atoms with Crippen LogP contribution in [0.15, 0.2) is 23.0 Å². The molecule has 2 rings (SSSR count). The van der Waals surface area contributed by atoms with Crippen LogP contribution < -0.4 is 10.9 Å². The monoisotopic (exact) mass is 402 g/mol. The third-order valence-corrected chi connectivity index (χ3v) is 4.50. The normalized spacial score (nSPS) is 10.8. The van der Waals surface area contributed by atoms with Crippen LogP contribution in [0.4, 0.5) is 5.69 Å². The van der Waals surface area contributed by atoms with Crippen molar-refractivity contribution in [3.05, 3.63) is 60.4 Å². The molecular weight excluding hydrogens is 383 g/mol. The van der Waals surface area contributed by atoms with E-state index in [1.165, 1.54) is 0 Å². The zero-order chi connectivity index (χ0) is 19.4. The van der Waals surface area contributed by atoms with E-state index in [2.05, 4.69) is 10.3 Å². The number of H-pyrrole nitrogens is 1. The average Bonchev–Trinajstić information content (AvgIpc) is 2.52. The maximum Gasteiger partial charge on any atom is 0.251 e. The maximum atomic E-state index is 12.5. The van der Waals surface area contributed by atoms with Crippen LogP contribution in [-0.4, -0.2) is 18.8 Å². The molecule has 0 atom stereocenters. The van der Waals surface area contributed by atoms with Crippen LogP contribution in [0, 0.1) is 0 Å². The van der Waals surface area contributed by atoms with E-state index in [9.17, 15) is 4.79 Å². The van der Waals surface area contributed by atoms with Gasteiger partial charge in [-0.1, -0.05) is 55.6 Å². The summed E-state index contributed by atoms with van der Waals surface area (Å²) in [5.41, 5.74) is 2.71. The largest absolute Gasteiger partial charge is 0.387 e. The quantitative estimate of drug-likeness (QED) is 0.751. The first kappa shape index (κ1) is 21.6. The number of anilines is 1. The van der Waals surface area contributed by atoms with Crippen molar-refractivity contribution < 1.29 is 4.79 Å². The van der Waals surface area contributed by atoms with E-state index in [1.807, 2.05) is 40.7 Å². The van der Waals surface area contributed by atoms with Crippen molar-refractivity contribution in [2.75, 3.05) is 12.4 Å². The van der Waals surface area contributed by atoms with Gasteiger partial charge in [-0.15, -0.1) is 0 Å². The summed E-state index contributed by atoms with van der Waals surface area (Å²) in [6.45, 7) is 8.14. The summed E-state index contributed by atoms with van der Waals surface area (Å²) in [6, 6.07) is 5.10. The number of halogens is 3. The standard InChI is InChI=1S/C17H19Cl3N2O.CH2O/c1-17(2,3)15-14(21-4)6-9(16(23)22-15)5-11-12(19)7-10(18)8-13(11)20;1-2/h6-8,21H,5H2,1-4H3,(H,22,23);1H2. The van der Waals surface area contributed by atoms with Gasteiger partial charge in [0.1, 0.15) is 6.79 Å². The summed E-state index contributed by atoms with van der Waals surface area (Å²) in [6.07, 6.45) is 0.337. The Morgan fingerprint density at radius 1 is 1.08 bits per heavy atom. The lowest BCUT2D eigenvalue weighted by molar-refractivity contribution is -0.0979. The fourth-order valence-electron chi connectivity index (χ4n) is 2.42. The van der Waals surface area contributed by atoms with Gasteiger partial charge in [-0.25, -0.2) is 0 Å². The number of carbonyl (C=O) groups is 1. The number of rotatable bonds is 3. The van der Waals surface area contributed by atoms with Gasteiger partial charge in [0.15, 0.2) is 0 Å². The highest BCUT2D eigenvalue weighted by Crippen LogP contribution is 2.32. The first-order chi connectivity index (χ1) is 11.6. The van der Waals surface area contributed by atoms with Gasteiger partial charge >= 0.3 is 0 Å². The minimum Gasteiger partial charge on any atom is -0.387 e. The molecule has 0 saturated carbocycles. The van der Waals surface area contributed by atoms with Crippen LogP contribution >= 0.6 is 34.8 Å². The summed E-state index contributed by atoms with van der Waals surface area (Å²) in [5.74, 6) is 0. The molecule has 0 radical (unpaired) electrons. The van der Waals surface area contributed by atoms with Crippen LogP contribution in [0.2, 0.25) is 15.1 Å². The Morgan fingerprint density at radius 3 is 2.04 bits per heavy atom. The molecule has 0 amide bonds. The Bertz CT molecular complexity index is 788. The highest BCUT2D eigenvalue weighted by Gasteiger charge is 2.21. The highest BCUT2D eigenvalue weighted by molar-refractivity contribution is 6.39. The average molecular weight is 404 g/mol. The summed E-state index contributed by atoms with van der Waals surface area (Å²) < 4.78 is 0. The molecule has 2 N–H and O–H groups in total. The number of nitrogens with one attached hydrogen (secondary N) is 2. The van der Waals surface area contributed by atoms with Crippen LogP contribution in [0.3, 0.4) is 0 Å². The molecule has 0 fully saturated rings. The van der Waals surface area contributed by atoms with Crippen LogP contribution in [0.25, 0.3) is 0 Å². The number of aromatic nitrogens is 1. The predicted octanol–water partition coefficient (Wildman–Crippen LogP) is 5.08. The summed E-state index contributed by atoms with van der Waals surface area (Å²) in [7, 11) is 1.83. The van der Waals surface area contributed by atoms with E-state index in [-0.39, 0.29) is 11.0 Å². The SMILES string of the molecule is C=O.CNc1cc(Cc2c(Cl)cc(Cl)cc2Cl)c(=O)[nH]c1C(C)(C)C. The Hall–Kier alpha value is -1.49. The minimum absolute atomic E-state index is 0.143. The molecule has 1 aromatic heterocycles. The molecule has 0 aliphatic carbocycles. The fourth-order valence-corrected chi connectivity index (χ4v) is 3.38. The second-order valence-corrected chi connectivity index (χ2v) is 7.69. The number of benzene rings is 1. The van der Waals surface area contributed by atoms with Crippen molar-refractivity contribution in [2.45, 2.75) is 32.6 Å². The third-order valence-electron chi connectivity index (χ3n) is 3.61. The van der Waals surface area contributed by atoms with Crippen molar-refractivity contribution in [3.8, 4) is 0 Å². The van der Waals surface area contributed by atoms with Crippen molar-refractivity contribution in [1.82, 2.24) is 4.98 Å². The molecule has 4 nitrogen and oxygen atoms in total. The molecule has 0 spiro atoms. The van der Waals surface area contributed by atoms with Crippen LogP contribution in [0.5, 0.6) is 0 Å². The van der Waals surface area contributed by atoms with Gasteiger partial charge < -0.3 is 15.1 Å². The Balaban J connectivity index is 0.00000151. The Kier molecular flexibility index (Phi) is 7.54. The molecule has 25 heavy (non-hydrogen) atoms. The number of hydrogen-bond donors (Lipinski definition) is 2. The van der Waals surface area contributed by atoms with Crippen LogP contribution in [0.1, 0.15) is 37.6 Å². The highest BCUT2D eigenvalue weighted by atomic mass is 35.5. The van der Waals surface area contributed by atoms with Gasteiger partial charge in [-0.3, -0.25) is 4.79 Å². The van der Waals surface area contributed by atoms with Gasteiger partial charge in [0.25, 0.3) is 5.56 Å². The van der Waals surface area contributed by atoms with E-state index >= 15 is 0 Å². The second-order valence-electron chi connectivity index (χ2n) is 6.44. The molecule has 0 aliphatic rings. The van der Waals surface area contributed by atoms with E-state index < -0.39 is 0 Å². The van der Waals surface area contributed by atoms with E-state index in [4.69, 9.17) is 39.6 Å². The first-order valence-electron chi connectivity index (χ1n) is 7.50. The molecule has 0 unspecified atom stereocenters. The van der Waals surface area contributed by atoms with Crippen molar-refractivity contribution in [2.24, 2.45) is 0 Å². The smallest absolute Gasteiger partial charge is 0.251 e. The van der Waals surface area contributed by atoms with E-state index in [0.29, 0.717) is 32.6 Å². The zero-order valence-corrected chi connectivity index (χ0v) is 16.9. The summed E-state index contributed by atoms with van der Waals surface area (Å²) in [4.78, 5) is 23.4. The lowest BCUT2D eigenvalue weighted by atomic mass is 9.89. The Labute approximate surface area is 162 Å². The van der Waals surface area contributed by atoms with Gasteiger partial charge in [-0.05, 0) is 23.8 Å². The number of carbonyl (C=O) groups excluding carboxylic acids is 1. The molecular formula is C18H21Cl3N2O2. The number of pyridine rings is 1. The molecule has 7 heteroatoms. The lowest BCUT2D eigenvalue weighted by Crippen LogP contribution is -2.24. The fraction of sp³-hybridized carbons (Fsp3) is 0.333. The van der Waals surface area contributed by atoms with Crippen molar-refractivity contribution >= 4 is 47.3 Å². The predicted molar refractivity (Wildman–Crippen MR) is 107 cm³/mol. The summed E-state index contributed by atoms with van der Waals surface area (Å²) in [5, 5.41) is 4.51. The topological polar surface area (TPSA) is 62.0 Å². The van der Waals surface area contributed by atoms with E-state index in [0.717, 1.165) is 11.4 Å². The van der Waals surface area contributed by atoms with E-state index in [1.54, 1.807) is 12.1 Å². The molecule has 0 aliphatic heterocycles. The molecule has 2 aromatic rings. The number of hydrogen-bond acceptors (Lipinski definition) is 3. The first-order valence-corrected chi connectivity index (χ1v) is 8.63. The van der Waals surface area contributed by atoms with Gasteiger partial charge in [0.05, 0.1) is 5.69 Å². The molecule has 1 heterocycles. The van der Waals surface area contributed by atoms with Crippen molar-refractivity contribution in [1.29, 1.82) is 0 Å². The molecule has 1 aromatic carbocycles. The molecule has 0 bridgehead atoms. The molecule has 136 valence electrons. The number of aromatic amines is 1. The lowest BCUT2D eigenvalue weighted by Gasteiger charge is -2.22. The third kappa shape index (κ3) is 5.24. The molecule has 0 saturated heterocycles. The second kappa shape index (κ2) is 8.75.